The molecule has 0 aromatic heterocycles. The molecule has 0 fully saturated rings. The summed E-state index contributed by atoms with van der Waals surface area (Å²) >= 11 is 0. The predicted molar refractivity (Wildman–Crippen MR) is 68.5 cm³/mol. The van der Waals surface area contributed by atoms with Crippen LogP contribution < -0.4 is 5.32 Å². The van der Waals surface area contributed by atoms with Gasteiger partial charge in [0.1, 0.15) is 0 Å². The van der Waals surface area contributed by atoms with Crippen LogP contribution in [0, 0.1) is 6.92 Å². The summed E-state index contributed by atoms with van der Waals surface area (Å²) in [4.78, 5) is 0. The molecule has 0 saturated heterocycles. The average molecular weight is 221 g/mol. The Kier molecular flexibility index (Phi) is 5.50. The molecule has 2 nitrogen and oxygen atoms in total. The molecule has 1 aromatic carbocycles. The summed E-state index contributed by atoms with van der Waals surface area (Å²) in [6.45, 7) is 7.01. The minimum atomic E-state index is -0.401. The van der Waals surface area contributed by atoms with Crippen LogP contribution in [0.5, 0.6) is 0 Å². The van der Waals surface area contributed by atoms with Gasteiger partial charge < -0.3 is 10.4 Å². The van der Waals surface area contributed by atoms with E-state index in [-0.39, 0.29) is 0 Å². The van der Waals surface area contributed by atoms with E-state index in [2.05, 4.69) is 19.2 Å². The molecule has 0 heterocycles. The molecule has 1 atom stereocenters. The van der Waals surface area contributed by atoms with Crippen LogP contribution in [0.25, 0.3) is 0 Å². The molecule has 16 heavy (non-hydrogen) atoms. The molecule has 2 heteroatoms. The molecule has 2 N–H and O–H groups in total. The van der Waals surface area contributed by atoms with Crippen molar-refractivity contribution in [3.8, 4) is 0 Å². The van der Waals surface area contributed by atoms with Gasteiger partial charge in [0, 0.05) is 12.6 Å². The Bertz CT molecular complexity index is 307. The lowest BCUT2D eigenvalue weighted by molar-refractivity contribution is 0.168. The van der Waals surface area contributed by atoms with Gasteiger partial charge in [-0.1, -0.05) is 38.1 Å². The summed E-state index contributed by atoms with van der Waals surface area (Å²) in [5.74, 6) is 0. The van der Waals surface area contributed by atoms with Crippen LogP contribution >= 0.6 is 0 Å². The average Bonchev–Trinajstić information content (AvgIpc) is 2.30. The van der Waals surface area contributed by atoms with E-state index in [1.165, 1.54) is 0 Å². The van der Waals surface area contributed by atoms with Gasteiger partial charge in [0.2, 0.25) is 0 Å². The summed E-state index contributed by atoms with van der Waals surface area (Å²) in [5, 5.41) is 13.5. The third-order valence-electron chi connectivity index (χ3n) is 3.13. The number of hydrogen-bond acceptors (Lipinski definition) is 2. The van der Waals surface area contributed by atoms with Crippen molar-refractivity contribution in [2.45, 2.75) is 45.8 Å². The molecular formula is C14H23NO. The summed E-state index contributed by atoms with van der Waals surface area (Å²) in [6, 6.07) is 8.52. The van der Waals surface area contributed by atoms with E-state index in [4.69, 9.17) is 0 Å². The Morgan fingerprint density at radius 3 is 2.38 bits per heavy atom. The molecule has 0 saturated carbocycles. The zero-order valence-electron chi connectivity index (χ0n) is 10.5. The van der Waals surface area contributed by atoms with Crippen molar-refractivity contribution >= 4 is 0 Å². The van der Waals surface area contributed by atoms with Gasteiger partial charge in [-0.2, -0.15) is 0 Å². The summed E-state index contributed by atoms with van der Waals surface area (Å²) < 4.78 is 0. The first-order valence-electron chi connectivity index (χ1n) is 6.16. The van der Waals surface area contributed by atoms with Crippen LogP contribution in [0.4, 0.5) is 0 Å². The van der Waals surface area contributed by atoms with Crippen molar-refractivity contribution in [1.82, 2.24) is 5.32 Å². The molecule has 0 amide bonds. The Labute approximate surface area is 98.7 Å². The molecule has 0 radical (unpaired) electrons. The van der Waals surface area contributed by atoms with E-state index in [0.29, 0.717) is 12.6 Å². The molecule has 0 aliphatic carbocycles. The van der Waals surface area contributed by atoms with Gasteiger partial charge in [-0.05, 0) is 30.9 Å². The molecule has 90 valence electrons. The van der Waals surface area contributed by atoms with Crippen molar-refractivity contribution in [2.24, 2.45) is 0 Å². The predicted octanol–water partition coefficient (Wildman–Crippen LogP) is 2.81. The van der Waals surface area contributed by atoms with Crippen molar-refractivity contribution in [3.05, 3.63) is 35.4 Å². The topological polar surface area (TPSA) is 32.3 Å². The number of rotatable bonds is 6. The summed E-state index contributed by atoms with van der Waals surface area (Å²) in [7, 11) is 0. The number of aliphatic hydroxyl groups is 1. The zero-order chi connectivity index (χ0) is 12.0. The first-order valence-corrected chi connectivity index (χ1v) is 6.16. The fourth-order valence-corrected chi connectivity index (χ4v) is 1.93. The smallest absolute Gasteiger partial charge is 0.0917 e. The van der Waals surface area contributed by atoms with Crippen LogP contribution in [0.2, 0.25) is 0 Å². The van der Waals surface area contributed by atoms with E-state index in [1.807, 2.05) is 31.2 Å². The van der Waals surface area contributed by atoms with Gasteiger partial charge in [0.25, 0.3) is 0 Å². The highest BCUT2D eigenvalue weighted by molar-refractivity contribution is 5.27. The zero-order valence-corrected chi connectivity index (χ0v) is 10.5. The second-order valence-corrected chi connectivity index (χ2v) is 4.29. The minimum absolute atomic E-state index is 0.401. The Morgan fingerprint density at radius 2 is 1.81 bits per heavy atom. The van der Waals surface area contributed by atoms with Gasteiger partial charge in [-0.25, -0.2) is 0 Å². The number of aryl methyl sites for hydroxylation is 1. The highest BCUT2D eigenvalue weighted by Gasteiger charge is 2.11. The number of nitrogens with one attached hydrogen (secondary N) is 1. The van der Waals surface area contributed by atoms with Crippen LogP contribution in [0.15, 0.2) is 24.3 Å². The quantitative estimate of drug-likeness (QED) is 0.774. The third kappa shape index (κ3) is 3.62. The molecule has 1 rings (SSSR count). The lowest BCUT2D eigenvalue weighted by Gasteiger charge is -2.19. The van der Waals surface area contributed by atoms with Crippen LogP contribution in [0.1, 0.15) is 43.9 Å². The Balaban J connectivity index is 2.52. The van der Waals surface area contributed by atoms with Gasteiger partial charge in [0.05, 0.1) is 6.10 Å². The highest BCUT2D eigenvalue weighted by atomic mass is 16.3. The van der Waals surface area contributed by atoms with Gasteiger partial charge in [-0.3, -0.25) is 0 Å². The molecule has 0 bridgehead atoms. The maximum Gasteiger partial charge on any atom is 0.0917 e. The largest absolute Gasteiger partial charge is 0.387 e. The molecule has 0 spiro atoms. The van der Waals surface area contributed by atoms with E-state index < -0.39 is 6.10 Å². The van der Waals surface area contributed by atoms with Gasteiger partial charge in [0.15, 0.2) is 0 Å². The normalized spacial score (nSPS) is 13.1. The Morgan fingerprint density at radius 1 is 1.19 bits per heavy atom. The Hall–Kier alpha value is -0.860. The van der Waals surface area contributed by atoms with E-state index in [0.717, 1.165) is 24.0 Å². The van der Waals surface area contributed by atoms with E-state index in [9.17, 15) is 5.11 Å². The number of aliphatic hydroxyl groups excluding tert-OH is 1. The fourth-order valence-electron chi connectivity index (χ4n) is 1.93. The van der Waals surface area contributed by atoms with Crippen molar-refractivity contribution in [3.63, 3.8) is 0 Å². The summed E-state index contributed by atoms with van der Waals surface area (Å²) in [6.07, 6.45) is 1.82. The number of benzene rings is 1. The SMILES string of the molecule is CCC(CC)NCC(O)c1ccccc1C. The molecular weight excluding hydrogens is 198 g/mol. The monoisotopic (exact) mass is 221 g/mol. The van der Waals surface area contributed by atoms with Crippen molar-refractivity contribution in [2.75, 3.05) is 6.54 Å². The fraction of sp³-hybridized carbons (Fsp3) is 0.571. The standard InChI is InChI=1S/C14H23NO/c1-4-12(5-2)15-10-14(16)13-9-7-6-8-11(13)3/h6-9,12,14-16H,4-5,10H2,1-3H3. The third-order valence-corrected chi connectivity index (χ3v) is 3.13. The first kappa shape index (κ1) is 13.2. The number of hydrogen-bond donors (Lipinski definition) is 2. The first-order chi connectivity index (χ1) is 7.69. The lowest BCUT2D eigenvalue weighted by Crippen LogP contribution is -2.31. The van der Waals surface area contributed by atoms with Crippen LogP contribution in [0.3, 0.4) is 0 Å². The van der Waals surface area contributed by atoms with Crippen LogP contribution in [-0.4, -0.2) is 17.7 Å². The van der Waals surface area contributed by atoms with Crippen molar-refractivity contribution < 1.29 is 5.11 Å². The second-order valence-electron chi connectivity index (χ2n) is 4.29. The van der Waals surface area contributed by atoms with Crippen molar-refractivity contribution in [1.29, 1.82) is 0 Å². The molecule has 0 aliphatic rings. The highest BCUT2D eigenvalue weighted by Crippen LogP contribution is 2.16. The van der Waals surface area contributed by atoms with E-state index >= 15 is 0 Å². The second kappa shape index (κ2) is 6.66. The molecule has 1 unspecified atom stereocenters. The molecule has 1 aromatic rings. The van der Waals surface area contributed by atoms with Gasteiger partial charge in [-0.15, -0.1) is 0 Å². The summed E-state index contributed by atoms with van der Waals surface area (Å²) in [5.41, 5.74) is 2.18. The van der Waals surface area contributed by atoms with Crippen LogP contribution in [-0.2, 0) is 0 Å². The maximum absolute atomic E-state index is 10.1. The molecule has 0 aliphatic heterocycles. The van der Waals surface area contributed by atoms with E-state index in [1.54, 1.807) is 0 Å². The minimum Gasteiger partial charge on any atom is -0.387 e. The lowest BCUT2D eigenvalue weighted by atomic mass is 10.0. The maximum atomic E-state index is 10.1. The van der Waals surface area contributed by atoms with Gasteiger partial charge >= 0.3 is 0 Å².